The second kappa shape index (κ2) is 6.31. The third kappa shape index (κ3) is 3.43. The van der Waals surface area contributed by atoms with Gasteiger partial charge in [0.05, 0.1) is 0 Å². The zero-order chi connectivity index (χ0) is 13.8. The number of nitrogens with one attached hydrogen (secondary N) is 1. The molecule has 0 aliphatic carbocycles. The van der Waals surface area contributed by atoms with Crippen LogP contribution in [0.4, 0.5) is 0 Å². The van der Waals surface area contributed by atoms with E-state index in [1.54, 1.807) is 0 Å². The SMILES string of the molecule is CNC(c1cc(C)cc(Br)c1)C(C)c1ccncc1. The lowest BCUT2D eigenvalue weighted by molar-refractivity contribution is 0.507. The first-order valence-electron chi connectivity index (χ1n) is 6.46. The molecule has 19 heavy (non-hydrogen) atoms. The lowest BCUT2D eigenvalue weighted by atomic mass is 9.88. The molecule has 3 heteroatoms. The first-order valence-corrected chi connectivity index (χ1v) is 7.25. The summed E-state index contributed by atoms with van der Waals surface area (Å²) in [5, 5.41) is 3.43. The van der Waals surface area contributed by atoms with E-state index in [9.17, 15) is 0 Å². The zero-order valence-electron chi connectivity index (χ0n) is 11.5. The standard InChI is InChI=1S/C16H19BrN2/c1-11-8-14(10-15(17)9-11)16(18-3)12(2)13-4-6-19-7-5-13/h4-10,12,16,18H,1-3H3. The van der Waals surface area contributed by atoms with Crippen molar-refractivity contribution in [1.82, 2.24) is 10.3 Å². The van der Waals surface area contributed by atoms with Crippen molar-refractivity contribution in [2.24, 2.45) is 0 Å². The molecule has 1 aromatic carbocycles. The smallest absolute Gasteiger partial charge is 0.0384 e. The summed E-state index contributed by atoms with van der Waals surface area (Å²) in [4.78, 5) is 4.09. The highest BCUT2D eigenvalue weighted by Gasteiger charge is 2.19. The van der Waals surface area contributed by atoms with Gasteiger partial charge in [0, 0.05) is 28.8 Å². The van der Waals surface area contributed by atoms with E-state index in [0.29, 0.717) is 12.0 Å². The van der Waals surface area contributed by atoms with Gasteiger partial charge in [-0.25, -0.2) is 0 Å². The van der Waals surface area contributed by atoms with Gasteiger partial charge in [-0.15, -0.1) is 0 Å². The molecule has 0 saturated heterocycles. The largest absolute Gasteiger partial charge is 0.312 e. The number of nitrogens with zero attached hydrogens (tertiary/aromatic N) is 1. The highest BCUT2D eigenvalue weighted by atomic mass is 79.9. The Morgan fingerprint density at radius 3 is 2.37 bits per heavy atom. The number of hydrogen-bond donors (Lipinski definition) is 1. The number of hydrogen-bond acceptors (Lipinski definition) is 2. The Kier molecular flexibility index (Phi) is 4.72. The van der Waals surface area contributed by atoms with Gasteiger partial charge < -0.3 is 5.32 Å². The monoisotopic (exact) mass is 318 g/mol. The number of rotatable bonds is 4. The number of aryl methyl sites for hydroxylation is 1. The minimum Gasteiger partial charge on any atom is -0.312 e. The summed E-state index contributed by atoms with van der Waals surface area (Å²) in [6.07, 6.45) is 3.70. The normalized spacial score (nSPS) is 14.1. The molecule has 2 rings (SSSR count). The Hall–Kier alpha value is -1.19. The van der Waals surface area contributed by atoms with Crippen LogP contribution < -0.4 is 5.32 Å². The van der Waals surface area contributed by atoms with Crippen LogP contribution in [0, 0.1) is 6.92 Å². The molecule has 1 N–H and O–H groups in total. The van der Waals surface area contributed by atoms with Crippen LogP contribution in [0.2, 0.25) is 0 Å². The second-order valence-corrected chi connectivity index (χ2v) is 5.81. The average molecular weight is 319 g/mol. The summed E-state index contributed by atoms with van der Waals surface area (Å²) >= 11 is 3.58. The molecule has 100 valence electrons. The fraction of sp³-hybridized carbons (Fsp3) is 0.312. The van der Waals surface area contributed by atoms with Crippen molar-refractivity contribution < 1.29 is 0 Å². The molecule has 0 spiro atoms. The van der Waals surface area contributed by atoms with Gasteiger partial charge in [-0.1, -0.05) is 28.9 Å². The predicted octanol–water partition coefficient (Wildman–Crippen LogP) is 4.22. The summed E-state index contributed by atoms with van der Waals surface area (Å²) in [5.41, 5.74) is 3.87. The van der Waals surface area contributed by atoms with Gasteiger partial charge in [-0.05, 0) is 54.9 Å². The van der Waals surface area contributed by atoms with Crippen molar-refractivity contribution >= 4 is 15.9 Å². The molecule has 1 heterocycles. The van der Waals surface area contributed by atoms with Gasteiger partial charge in [0.15, 0.2) is 0 Å². The summed E-state index contributed by atoms with van der Waals surface area (Å²) in [7, 11) is 2.01. The molecule has 2 nitrogen and oxygen atoms in total. The summed E-state index contributed by atoms with van der Waals surface area (Å²) in [5.74, 6) is 0.390. The predicted molar refractivity (Wildman–Crippen MR) is 83.3 cm³/mol. The number of aromatic nitrogens is 1. The third-order valence-electron chi connectivity index (χ3n) is 3.47. The highest BCUT2D eigenvalue weighted by molar-refractivity contribution is 9.10. The number of benzene rings is 1. The van der Waals surface area contributed by atoms with Crippen LogP contribution in [0.15, 0.2) is 47.2 Å². The Bertz CT molecular complexity index is 519. The van der Waals surface area contributed by atoms with E-state index in [2.05, 4.69) is 70.4 Å². The Morgan fingerprint density at radius 2 is 1.79 bits per heavy atom. The second-order valence-electron chi connectivity index (χ2n) is 4.90. The van der Waals surface area contributed by atoms with Crippen LogP contribution >= 0.6 is 15.9 Å². The van der Waals surface area contributed by atoms with Crippen molar-refractivity contribution in [3.05, 3.63) is 63.9 Å². The van der Waals surface area contributed by atoms with E-state index in [-0.39, 0.29) is 0 Å². The van der Waals surface area contributed by atoms with Crippen molar-refractivity contribution in [1.29, 1.82) is 0 Å². The average Bonchev–Trinajstić information content (AvgIpc) is 2.39. The lowest BCUT2D eigenvalue weighted by Crippen LogP contribution is -2.22. The molecule has 0 fully saturated rings. The van der Waals surface area contributed by atoms with Crippen LogP contribution in [0.25, 0.3) is 0 Å². The maximum Gasteiger partial charge on any atom is 0.0384 e. The molecule has 2 unspecified atom stereocenters. The van der Waals surface area contributed by atoms with Gasteiger partial charge in [0.2, 0.25) is 0 Å². The van der Waals surface area contributed by atoms with Gasteiger partial charge in [-0.2, -0.15) is 0 Å². The molecule has 0 amide bonds. The van der Waals surface area contributed by atoms with Crippen LogP contribution in [-0.2, 0) is 0 Å². The topological polar surface area (TPSA) is 24.9 Å². The van der Waals surface area contributed by atoms with E-state index in [1.807, 2.05) is 19.4 Å². The molecular weight excluding hydrogens is 300 g/mol. The maximum absolute atomic E-state index is 4.09. The number of likely N-dealkylation sites (N-methyl/N-ethyl adjacent to an activating group) is 1. The highest BCUT2D eigenvalue weighted by Crippen LogP contribution is 2.31. The molecule has 0 aliphatic heterocycles. The minimum absolute atomic E-state index is 0.290. The van der Waals surface area contributed by atoms with Crippen molar-refractivity contribution in [2.45, 2.75) is 25.8 Å². The van der Waals surface area contributed by atoms with Crippen molar-refractivity contribution in [3.8, 4) is 0 Å². The zero-order valence-corrected chi connectivity index (χ0v) is 13.1. The maximum atomic E-state index is 4.09. The summed E-state index contributed by atoms with van der Waals surface area (Å²) in [6.45, 7) is 4.37. The summed E-state index contributed by atoms with van der Waals surface area (Å²) < 4.78 is 1.13. The molecular formula is C16H19BrN2. The van der Waals surface area contributed by atoms with Gasteiger partial charge >= 0.3 is 0 Å². The molecule has 0 saturated carbocycles. The van der Waals surface area contributed by atoms with E-state index in [1.165, 1.54) is 16.7 Å². The van der Waals surface area contributed by atoms with E-state index < -0.39 is 0 Å². The Labute approximate surface area is 123 Å². The van der Waals surface area contributed by atoms with Crippen molar-refractivity contribution in [2.75, 3.05) is 7.05 Å². The molecule has 1 aromatic heterocycles. The summed E-state index contributed by atoms with van der Waals surface area (Å²) in [6, 6.07) is 11.0. The van der Waals surface area contributed by atoms with E-state index in [4.69, 9.17) is 0 Å². The fourth-order valence-corrected chi connectivity index (χ4v) is 3.13. The lowest BCUT2D eigenvalue weighted by Gasteiger charge is -2.25. The third-order valence-corrected chi connectivity index (χ3v) is 3.92. The quantitative estimate of drug-likeness (QED) is 0.913. The number of pyridine rings is 1. The Morgan fingerprint density at radius 1 is 1.11 bits per heavy atom. The molecule has 2 aromatic rings. The van der Waals surface area contributed by atoms with E-state index >= 15 is 0 Å². The van der Waals surface area contributed by atoms with E-state index in [0.717, 1.165) is 4.47 Å². The van der Waals surface area contributed by atoms with Gasteiger partial charge in [0.25, 0.3) is 0 Å². The fourth-order valence-electron chi connectivity index (χ4n) is 2.51. The van der Waals surface area contributed by atoms with Gasteiger partial charge in [0.1, 0.15) is 0 Å². The molecule has 2 atom stereocenters. The number of halogens is 1. The molecule has 0 aliphatic rings. The Balaban J connectivity index is 2.34. The van der Waals surface area contributed by atoms with Gasteiger partial charge in [-0.3, -0.25) is 4.98 Å². The molecule has 0 bridgehead atoms. The van der Waals surface area contributed by atoms with Crippen LogP contribution in [0.1, 0.15) is 35.6 Å². The first-order chi connectivity index (χ1) is 9.11. The first kappa shape index (κ1) is 14.2. The minimum atomic E-state index is 0.290. The van der Waals surface area contributed by atoms with Crippen molar-refractivity contribution in [3.63, 3.8) is 0 Å². The van der Waals surface area contributed by atoms with Crippen LogP contribution in [0.3, 0.4) is 0 Å². The van der Waals surface area contributed by atoms with Crippen LogP contribution in [-0.4, -0.2) is 12.0 Å². The van der Waals surface area contributed by atoms with Crippen LogP contribution in [0.5, 0.6) is 0 Å². The molecule has 0 radical (unpaired) electrons.